The largest absolute Gasteiger partial charge is 0.389 e. The molecule has 0 bridgehead atoms. The third-order valence-electron chi connectivity index (χ3n) is 3.91. The van der Waals surface area contributed by atoms with E-state index in [1.54, 1.807) is 0 Å². The van der Waals surface area contributed by atoms with E-state index in [0.29, 0.717) is 19.8 Å². The first-order chi connectivity index (χ1) is 10.2. The van der Waals surface area contributed by atoms with Gasteiger partial charge in [-0.1, -0.05) is 18.2 Å². The minimum atomic E-state index is -0.481. The van der Waals surface area contributed by atoms with Crippen LogP contribution in [0.1, 0.15) is 25.3 Å². The van der Waals surface area contributed by atoms with Crippen LogP contribution in [0.15, 0.2) is 24.3 Å². The highest BCUT2D eigenvalue weighted by molar-refractivity contribution is 5.52. The van der Waals surface area contributed by atoms with Gasteiger partial charge in [-0.15, -0.1) is 0 Å². The summed E-state index contributed by atoms with van der Waals surface area (Å²) in [4.78, 5) is 2.19. The molecule has 2 rings (SSSR count). The molecule has 1 aliphatic heterocycles. The molecule has 21 heavy (non-hydrogen) atoms. The summed E-state index contributed by atoms with van der Waals surface area (Å²) in [5.41, 5.74) is 2.41. The van der Waals surface area contributed by atoms with Crippen LogP contribution in [0.25, 0.3) is 0 Å². The maximum absolute atomic E-state index is 10.2. The summed E-state index contributed by atoms with van der Waals surface area (Å²) in [5, 5.41) is 10.2. The van der Waals surface area contributed by atoms with Crippen molar-refractivity contribution < 1.29 is 14.6 Å². The second-order valence-corrected chi connectivity index (χ2v) is 5.65. The maximum atomic E-state index is 10.2. The van der Waals surface area contributed by atoms with E-state index >= 15 is 0 Å². The van der Waals surface area contributed by atoms with Crippen molar-refractivity contribution in [2.24, 2.45) is 0 Å². The third-order valence-corrected chi connectivity index (χ3v) is 3.91. The highest BCUT2D eigenvalue weighted by atomic mass is 16.5. The van der Waals surface area contributed by atoms with Crippen molar-refractivity contribution in [3.63, 3.8) is 0 Å². The van der Waals surface area contributed by atoms with Crippen LogP contribution in [0.2, 0.25) is 0 Å². The van der Waals surface area contributed by atoms with Gasteiger partial charge in [0.1, 0.15) is 0 Å². The average Bonchev–Trinajstić information content (AvgIpc) is 2.99. The zero-order chi connectivity index (χ0) is 15.1. The van der Waals surface area contributed by atoms with Crippen LogP contribution in [0.3, 0.4) is 0 Å². The van der Waals surface area contributed by atoms with Crippen LogP contribution in [0.4, 0.5) is 5.69 Å². The Bertz CT molecular complexity index is 418. The zero-order valence-electron chi connectivity index (χ0n) is 13.1. The molecule has 1 aromatic carbocycles. The molecule has 1 heterocycles. The van der Waals surface area contributed by atoms with E-state index in [2.05, 4.69) is 30.9 Å². The molecule has 2 unspecified atom stereocenters. The number of benzene rings is 1. The van der Waals surface area contributed by atoms with Crippen molar-refractivity contribution in [3.05, 3.63) is 29.8 Å². The number of aliphatic hydroxyl groups excluding tert-OH is 1. The van der Waals surface area contributed by atoms with Crippen molar-refractivity contribution in [1.29, 1.82) is 0 Å². The van der Waals surface area contributed by atoms with E-state index in [-0.39, 0.29) is 6.10 Å². The van der Waals surface area contributed by atoms with Crippen molar-refractivity contribution in [1.82, 2.24) is 0 Å². The first-order valence-electron chi connectivity index (χ1n) is 7.88. The first-order valence-corrected chi connectivity index (χ1v) is 7.88. The number of hydrogen-bond acceptors (Lipinski definition) is 4. The van der Waals surface area contributed by atoms with Gasteiger partial charge in [0.15, 0.2) is 0 Å². The van der Waals surface area contributed by atoms with E-state index < -0.39 is 6.10 Å². The minimum Gasteiger partial charge on any atom is -0.389 e. The maximum Gasteiger partial charge on any atom is 0.0948 e. The number of nitrogens with zero attached hydrogens (tertiary/aromatic N) is 1. The SMILES string of the molecule is CCN(CC(O)COCC1CCCO1)c1ccccc1C. The minimum absolute atomic E-state index is 0.218. The third kappa shape index (κ3) is 4.99. The van der Waals surface area contributed by atoms with Crippen molar-refractivity contribution >= 4 is 5.69 Å². The fourth-order valence-corrected chi connectivity index (χ4v) is 2.73. The summed E-state index contributed by atoms with van der Waals surface area (Å²) >= 11 is 0. The van der Waals surface area contributed by atoms with Gasteiger partial charge in [0.05, 0.1) is 25.4 Å². The van der Waals surface area contributed by atoms with Crippen LogP contribution >= 0.6 is 0 Å². The average molecular weight is 293 g/mol. The summed E-state index contributed by atoms with van der Waals surface area (Å²) in [5.74, 6) is 0. The van der Waals surface area contributed by atoms with Gasteiger partial charge in [0.25, 0.3) is 0 Å². The molecule has 4 nitrogen and oxygen atoms in total. The number of aliphatic hydroxyl groups is 1. The molecule has 0 radical (unpaired) electrons. The van der Waals surface area contributed by atoms with Gasteiger partial charge >= 0.3 is 0 Å². The Kier molecular flexibility index (Phi) is 6.49. The van der Waals surface area contributed by atoms with E-state index in [0.717, 1.165) is 26.0 Å². The summed E-state index contributed by atoms with van der Waals surface area (Å²) in [6.07, 6.45) is 1.93. The Morgan fingerprint density at radius 3 is 2.90 bits per heavy atom. The Labute approximate surface area is 127 Å². The summed E-state index contributed by atoms with van der Waals surface area (Å²) < 4.78 is 11.1. The van der Waals surface area contributed by atoms with Crippen molar-refractivity contribution in [3.8, 4) is 0 Å². The lowest BCUT2D eigenvalue weighted by molar-refractivity contribution is -0.0149. The fraction of sp³-hybridized carbons (Fsp3) is 0.647. The molecule has 1 saturated heterocycles. The molecule has 1 fully saturated rings. The molecule has 118 valence electrons. The fourth-order valence-electron chi connectivity index (χ4n) is 2.73. The van der Waals surface area contributed by atoms with Gasteiger partial charge < -0.3 is 19.5 Å². The second kappa shape index (κ2) is 8.37. The van der Waals surface area contributed by atoms with Crippen LogP contribution in [0, 0.1) is 6.92 Å². The topological polar surface area (TPSA) is 41.9 Å². The van der Waals surface area contributed by atoms with Crippen LogP contribution in [-0.2, 0) is 9.47 Å². The molecule has 0 amide bonds. The predicted molar refractivity (Wildman–Crippen MR) is 84.9 cm³/mol. The Hall–Kier alpha value is -1.10. The van der Waals surface area contributed by atoms with Gasteiger partial charge in [-0.2, -0.15) is 0 Å². The van der Waals surface area contributed by atoms with Crippen LogP contribution < -0.4 is 4.90 Å². The van der Waals surface area contributed by atoms with Crippen molar-refractivity contribution in [2.45, 2.75) is 38.9 Å². The molecule has 2 atom stereocenters. The van der Waals surface area contributed by atoms with Crippen molar-refractivity contribution in [2.75, 3.05) is 37.8 Å². The molecule has 1 aliphatic rings. The van der Waals surface area contributed by atoms with E-state index in [9.17, 15) is 5.11 Å². The monoisotopic (exact) mass is 293 g/mol. The molecule has 1 aromatic rings. The Morgan fingerprint density at radius 1 is 1.43 bits per heavy atom. The van der Waals surface area contributed by atoms with Crippen LogP contribution in [-0.4, -0.2) is 50.2 Å². The molecule has 0 aliphatic carbocycles. The summed E-state index contributed by atoms with van der Waals surface area (Å²) in [6, 6.07) is 8.26. The second-order valence-electron chi connectivity index (χ2n) is 5.65. The van der Waals surface area contributed by atoms with Gasteiger partial charge in [0, 0.05) is 25.4 Å². The Morgan fingerprint density at radius 2 is 2.24 bits per heavy atom. The van der Waals surface area contributed by atoms with Gasteiger partial charge in [-0.25, -0.2) is 0 Å². The molecule has 1 N–H and O–H groups in total. The van der Waals surface area contributed by atoms with Crippen LogP contribution in [0.5, 0.6) is 0 Å². The summed E-state index contributed by atoms with van der Waals surface area (Å²) in [7, 11) is 0. The number of likely N-dealkylation sites (N-methyl/N-ethyl adjacent to an activating group) is 1. The zero-order valence-corrected chi connectivity index (χ0v) is 13.1. The molecular weight excluding hydrogens is 266 g/mol. The quantitative estimate of drug-likeness (QED) is 0.799. The number of aryl methyl sites for hydroxylation is 1. The highest BCUT2D eigenvalue weighted by Gasteiger charge is 2.17. The standard InChI is InChI=1S/C17H27NO3/c1-3-18(17-9-5-4-7-14(17)2)11-15(19)12-20-13-16-8-6-10-21-16/h4-5,7,9,15-16,19H,3,6,8,10-13H2,1-2H3. The van der Waals surface area contributed by atoms with E-state index in [1.165, 1.54) is 11.3 Å². The van der Waals surface area contributed by atoms with E-state index in [4.69, 9.17) is 9.47 Å². The lowest BCUT2D eigenvalue weighted by atomic mass is 10.1. The molecule has 0 spiro atoms. The van der Waals surface area contributed by atoms with E-state index in [1.807, 2.05) is 12.1 Å². The number of ether oxygens (including phenoxy) is 2. The normalized spacial score (nSPS) is 19.7. The number of hydrogen-bond donors (Lipinski definition) is 1. The molecule has 0 saturated carbocycles. The lowest BCUT2D eigenvalue weighted by Gasteiger charge is -2.27. The Balaban J connectivity index is 1.76. The molecule has 4 heteroatoms. The summed E-state index contributed by atoms with van der Waals surface area (Å²) in [6.45, 7) is 7.45. The van der Waals surface area contributed by atoms with Gasteiger partial charge in [0.2, 0.25) is 0 Å². The molecule has 0 aromatic heterocycles. The number of rotatable bonds is 8. The lowest BCUT2D eigenvalue weighted by Crippen LogP contribution is -2.35. The van der Waals surface area contributed by atoms with Gasteiger partial charge in [-0.3, -0.25) is 0 Å². The smallest absolute Gasteiger partial charge is 0.0948 e. The highest BCUT2D eigenvalue weighted by Crippen LogP contribution is 2.19. The predicted octanol–water partition coefficient (Wildman–Crippen LogP) is 2.38. The number of para-hydroxylation sites is 1. The molecular formula is C17H27NO3. The van der Waals surface area contributed by atoms with Gasteiger partial charge in [-0.05, 0) is 38.3 Å². The first kappa shape index (κ1) is 16.3. The number of anilines is 1.